The number of ether oxygens (including phenoxy) is 2. The molecule has 2 aromatic carbocycles. The van der Waals surface area contributed by atoms with Crippen molar-refractivity contribution in [3.8, 4) is 16.9 Å². The maximum absolute atomic E-state index is 12.2. The van der Waals surface area contributed by atoms with E-state index in [9.17, 15) is 14.7 Å². The molecular formula is C21H23NO5. The highest BCUT2D eigenvalue weighted by atomic mass is 16.5. The van der Waals surface area contributed by atoms with E-state index < -0.39 is 11.4 Å². The second kappa shape index (κ2) is 8.68. The minimum absolute atomic E-state index is 0.0776. The number of hydrogen-bond donors (Lipinski definition) is 2. The Labute approximate surface area is 158 Å². The minimum atomic E-state index is -0.962. The van der Waals surface area contributed by atoms with Crippen molar-refractivity contribution in [1.82, 2.24) is 5.32 Å². The lowest BCUT2D eigenvalue weighted by Gasteiger charge is -2.33. The molecular weight excluding hydrogens is 346 g/mol. The fourth-order valence-corrected chi connectivity index (χ4v) is 3.14. The van der Waals surface area contributed by atoms with Crippen LogP contribution in [0.3, 0.4) is 0 Å². The van der Waals surface area contributed by atoms with Gasteiger partial charge in [0.2, 0.25) is 0 Å². The molecule has 1 amide bonds. The van der Waals surface area contributed by atoms with Gasteiger partial charge in [0.1, 0.15) is 5.75 Å². The van der Waals surface area contributed by atoms with E-state index in [0.29, 0.717) is 31.8 Å². The van der Waals surface area contributed by atoms with Crippen LogP contribution in [0, 0.1) is 5.41 Å². The van der Waals surface area contributed by atoms with E-state index in [1.165, 1.54) is 0 Å². The van der Waals surface area contributed by atoms with Gasteiger partial charge in [-0.2, -0.15) is 0 Å². The van der Waals surface area contributed by atoms with Gasteiger partial charge in [0, 0.05) is 25.3 Å². The van der Waals surface area contributed by atoms with Gasteiger partial charge < -0.3 is 19.9 Å². The van der Waals surface area contributed by atoms with Crippen molar-refractivity contribution in [3.05, 3.63) is 54.6 Å². The average Bonchev–Trinajstić information content (AvgIpc) is 2.72. The van der Waals surface area contributed by atoms with Crippen molar-refractivity contribution in [2.24, 2.45) is 5.41 Å². The summed E-state index contributed by atoms with van der Waals surface area (Å²) in [6, 6.07) is 17.3. The van der Waals surface area contributed by atoms with Gasteiger partial charge in [-0.1, -0.05) is 48.5 Å². The molecule has 0 spiro atoms. The smallest absolute Gasteiger partial charge is 0.311 e. The normalized spacial score (nSPS) is 15.7. The van der Waals surface area contributed by atoms with Gasteiger partial charge in [-0.05, 0) is 24.5 Å². The largest absolute Gasteiger partial charge is 0.483 e. The average molecular weight is 369 g/mol. The van der Waals surface area contributed by atoms with Crippen molar-refractivity contribution < 1.29 is 24.2 Å². The summed E-state index contributed by atoms with van der Waals surface area (Å²) in [6.45, 7) is 0.691. The lowest BCUT2D eigenvalue weighted by Crippen LogP contribution is -2.47. The summed E-state index contributed by atoms with van der Waals surface area (Å²) in [6.07, 6.45) is 0.778. The molecule has 0 bridgehead atoms. The molecule has 1 fully saturated rings. The van der Waals surface area contributed by atoms with Crippen molar-refractivity contribution in [2.75, 3.05) is 26.4 Å². The van der Waals surface area contributed by atoms with Gasteiger partial charge in [0.25, 0.3) is 5.91 Å². The molecule has 27 heavy (non-hydrogen) atoms. The number of carboxylic acid groups (broad SMARTS) is 1. The first kappa shape index (κ1) is 18.9. The van der Waals surface area contributed by atoms with Crippen LogP contribution >= 0.6 is 0 Å². The predicted octanol–water partition coefficient (Wildman–Crippen LogP) is 2.73. The number of hydrogen-bond acceptors (Lipinski definition) is 4. The first-order chi connectivity index (χ1) is 13.1. The number of carbonyl (C=O) groups is 2. The Balaban J connectivity index is 1.59. The lowest BCUT2D eigenvalue weighted by molar-refractivity contribution is -0.154. The Morgan fingerprint density at radius 3 is 2.41 bits per heavy atom. The highest BCUT2D eigenvalue weighted by Crippen LogP contribution is 2.31. The van der Waals surface area contributed by atoms with Crippen LogP contribution in [-0.4, -0.2) is 43.3 Å². The van der Waals surface area contributed by atoms with Crippen LogP contribution in [0.5, 0.6) is 5.75 Å². The van der Waals surface area contributed by atoms with Crippen molar-refractivity contribution in [1.29, 1.82) is 0 Å². The third kappa shape index (κ3) is 4.65. The maximum Gasteiger partial charge on any atom is 0.311 e. The molecule has 1 aliphatic heterocycles. The lowest BCUT2D eigenvalue weighted by atomic mass is 9.80. The number of rotatable bonds is 7. The topological polar surface area (TPSA) is 84.9 Å². The van der Waals surface area contributed by atoms with Crippen molar-refractivity contribution in [3.63, 3.8) is 0 Å². The number of amides is 1. The van der Waals surface area contributed by atoms with Gasteiger partial charge in [-0.3, -0.25) is 9.59 Å². The van der Waals surface area contributed by atoms with Gasteiger partial charge in [0.05, 0.1) is 5.41 Å². The first-order valence-corrected chi connectivity index (χ1v) is 8.96. The molecule has 1 saturated heterocycles. The first-order valence-electron chi connectivity index (χ1n) is 8.96. The molecule has 6 nitrogen and oxygen atoms in total. The fraction of sp³-hybridized carbons (Fsp3) is 0.333. The Morgan fingerprint density at radius 2 is 1.70 bits per heavy atom. The second-order valence-corrected chi connectivity index (χ2v) is 6.63. The summed E-state index contributed by atoms with van der Waals surface area (Å²) in [5, 5.41) is 12.2. The van der Waals surface area contributed by atoms with Crippen molar-refractivity contribution >= 4 is 11.9 Å². The molecule has 0 atom stereocenters. The van der Waals surface area contributed by atoms with Crippen LogP contribution in [0.15, 0.2) is 54.6 Å². The van der Waals surface area contributed by atoms with Crippen LogP contribution in [0.25, 0.3) is 11.1 Å². The zero-order valence-corrected chi connectivity index (χ0v) is 15.0. The Morgan fingerprint density at radius 1 is 1.04 bits per heavy atom. The third-order valence-corrected chi connectivity index (χ3v) is 4.86. The van der Waals surface area contributed by atoms with Crippen LogP contribution in [0.4, 0.5) is 0 Å². The molecule has 6 heteroatoms. The van der Waals surface area contributed by atoms with E-state index in [2.05, 4.69) is 5.32 Å². The van der Waals surface area contributed by atoms with Gasteiger partial charge in [-0.15, -0.1) is 0 Å². The molecule has 142 valence electrons. The van der Waals surface area contributed by atoms with E-state index in [-0.39, 0.29) is 19.1 Å². The van der Waals surface area contributed by atoms with Crippen LogP contribution in [0.2, 0.25) is 0 Å². The number of para-hydroxylation sites is 1. The maximum atomic E-state index is 12.2. The van der Waals surface area contributed by atoms with E-state index in [4.69, 9.17) is 9.47 Å². The highest BCUT2D eigenvalue weighted by molar-refractivity contribution is 5.80. The van der Waals surface area contributed by atoms with E-state index in [1.54, 1.807) is 0 Å². The monoisotopic (exact) mass is 369 g/mol. The predicted molar refractivity (Wildman–Crippen MR) is 101 cm³/mol. The second-order valence-electron chi connectivity index (χ2n) is 6.63. The van der Waals surface area contributed by atoms with E-state index in [1.807, 2.05) is 54.6 Å². The number of carboxylic acids is 1. The molecule has 1 aliphatic rings. The molecule has 0 aliphatic carbocycles. The summed E-state index contributed by atoms with van der Waals surface area (Å²) in [4.78, 5) is 23.8. The van der Waals surface area contributed by atoms with Gasteiger partial charge in [0.15, 0.2) is 6.61 Å². The van der Waals surface area contributed by atoms with Crippen molar-refractivity contribution in [2.45, 2.75) is 12.8 Å². The van der Waals surface area contributed by atoms with Crippen LogP contribution in [0.1, 0.15) is 12.8 Å². The molecule has 0 radical (unpaired) electrons. The third-order valence-electron chi connectivity index (χ3n) is 4.86. The number of nitrogens with one attached hydrogen (secondary N) is 1. The Kier molecular flexibility index (Phi) is 6.08. The number of benzene rings is 2. The molecule has 1 heterocycles. The summed E-state index contributed by atoms with van der Waals surface area (Å²) in [7, 11) is 0. The standard InChI is InChI=1S/C21H23NO5/c23-19(22-15-21(20(24)25)10-12-26-13-11-21)14-27-18-9-5-4-8-17(18)16-6-2-1-3-7-16/h1-9H,10-15H2,(H,22,23)(H,24,25). The number of aliphatic carboxylic acids is 1. The summed E-state index contributed by atoms with van der Waals surface area (Å²) < 4.78 is 10.9. The highest BCUT2D eigenvalue weighted by Gasteiger charge is 2.40. The fourth-order valence-electron chi connectivity index (χ4n) is 3.14. The van der Waals surface area contributed by atoms with Gasteiger partial charge >= 0.3 is 5.97 Å². The molecule has 0 unspecified atom stereocenters. The molecule has 0 aromatic heterocycles. The Bertz CT molecular complexity index is 784. The van der Waals surface area contributed by atoms with Crippen LogP contribution < -0.4 is 10.1 Å². The molecule has 2 N–H and O–H groups in total. The minimum Gasteiger partial charge on any atom is -0.483 e. The van der Waals surface area contributed by atoms with E-state index >= 15 is 0 Å². The molecule has 0 saturated carbocycles. The summed E-state index contributed by atoms with van der Waals surface area (Å²) >= 11 is 0. The molecule has 2 aromatic rings. The quantitative estimate of drug-likeness (QED) is 0.784. The van der Waals surface area contributed by atoms with Gasteiger partial charge in [-0.25, -0.2) is 0 Å². The SMILES string of the molecule is O=C(COc1ccccc1-c1ccccc1)NCC1(C(=O)O)CCOCC1. The zero-order chi connectivity index (χ0) is 19.1. The molecule has 3 rings (SSSR count). The zero-order valence-electron chi connectivity index (χ0n) is 15.0. The summed E-state index contributed by atoms with van der Waals surface area (Å²) in [5.74, 6) is -0.635. The van der Waals surface area contributed by atoms with Crippen LogP contribution in [-0.2, 0) is 14.3 Å². The summed E-state index contributed by atoms with van der Waals surface area (Å²) in [5.41, 5.74) is 0.938. The Hall–Kier alpha value is -2.86. The van der Waals surface area contributed by atoms with E-state index in [0.717, 1.165) is 11.1 Å². The number of carbonyl (C=O) groups excluding carboxylic acids is 1.